The minimum Gasteiger partial charge on any atom is -0.444 e. The van der Waals surface area contributed by atoms with Gasteiger partial charge < -0.3 is 15.0 Å². The molecule has 0 saturated carbocycles. The highest BCUT2D eigenvalue weighted by molar-refractivity contribution is 6.33. The molecule has 1 amide bonds. The summed E-state index contributed by atoms with van der Waals surface area (Å²) in [5.74, 6) is 0.821. The Hall–Kier alpha value is -1.27. The zero-order valence-corrected chi connectivity index (χ0v) is 15.1. The second-order valence-electron chi connectivity index (χ2n) is 6.65. The summed E-state index contributed by atoms with van der Waals surface area (Å²) in [5.41, 5.74) is -0.479. The first kappa shape index (κ1) is 18.1. The van der Waals surface area contributed by atoms with Gasteiger partial charge in [0.2, 0.25) is 5.28 Å². The highest BCUT2D eigenvalue weighted by atomic mass is 35.5. The van der Waals surface area contributed by atoms with Crippen molar-refractivity contribution in [1.82, 2.24) is 14.9 Å². The van der Waals surface area contributed by atoms with Crippen molar-refractivity contribution in [2.24, 2.45) is 5.92 Å². The smallest absolute Gasteiger partial charge is 0.410 e. The maximum Gasteiger partial charge on any atom is 0.410 e. The van der Waals surface area contributed by atoms with Gasteiger partial charge in [0, 0.05) is 19.6 Å². The molecule has 1 N–H and O–H groups in total. The Morgan fingerprint density at radius 1 is 1.48 bits per heavy atom. The number of carbonyl (C=O) groups is 1. The molecule has 1 atom stereocenters. The van der Waals surface area contributed by atoms with E-state index in [9.17, 15) is 4.79 Å². The van der Waals surface area contributed by atoms with Crippen LogP contribution in [0.5, 0.6) is 0 Å². The van der Waals surface area contributed by atoms with E-state index in [1.54, 1.807) is 4.90 Å². The average Bonchev–Trinajstić information content (AvgIpc) is 2.47. The number of likely N-dealkylation sites (tertiary alicyclic amines) is 1. The van der Waals surface area contributed by atoms with Gasteiger partial charge >= 0.3 is 6.09 Å². The van der Waals surface area contributed by atoms with Gasteiger partial charge in [0.1, 0.15) is 16.4 Å². The topological polar surface area (TPSA) is 67.3 Å². The van der Waals surface area contributed by atoms with Gasteiger partial charge in [-0.15, -0.1) is 0 Å². The fraction of sp³-hybridized carbons (Fsp3) is 0.667. The van der Waals surface area contributed by atoms with Crippen LogP contribution in [0.4, 0.5) is 10.6 Å². The van der Waals surface area contributed by atoms with Crippen molar-refractivity contribution >= 4 is 35.1 Å². The molecule has 8 heteroatoms. The third-order valence-corrected chi connectivity index (χ3v) is 3.90. The summed E-state index contributed by atoms with van der Waals surface area (Å²) >= 11 is 11.8. The Morgan fingerprint density at radius 3 is 2.91 bits per heavy atom. The molecule has 0 spiro atoms. The van der Waals surface area contributed by atoms with E-state index in [1.807, 2.05) is 20.8 Å². The summed E-state index contributed by atoms with van der Waals surface area (Å²) < 4.78 is 5.43. The molecule has 0 aromatic carbocycles. The first-order valence-electron chi connectivity index (χ1n) is 7.64. The van der Waals surface area contributed by atoms with Crippen LogP contribution in [0.25, 0.3) is 0 Å². The van der Waals surface area contributed by atoms with Crippen LogP contribution in [-0.4, -0.2) is 46.2 Å². The minimum absolute atomic E-state index is 0.149. The number of anilines is 1. The molecule has 1 unspecified atom stereocenters. The SMILES string of the molecule is CC(C)(C)OC(=O)N1CCCC(CNc2nc(Cl)ncc2Cl)C1. The highest BCUT2D eigenvalue weighted by Gasteiger charge is 2.27. The maximum absolute atomic E-state index is 12.2. The van der Waals surface area contributed by atoms with E-state index in [-0.39, 0.29) is 11.4 Å². The number of ether oxygens (including phenoxy) is 1. The lowest BCUT2D eigenvalue weighted by Gasteiger charge is -2.34. The summed E-state index contributed by atoms with van der Waals surface area (Å²) in [4.78, 5) is 21.8. The molecule has 1 aromatic heterocycles. The van der Waals surface area contributed by atoms with Gasteiger partial charge in [-0.1, -0.05) is 11.6 Å². The molecule has 0 radical (unpaired) electrons. The predicted octanol–water partition coefficient (Wildman–Crippen LogP) is 3.84. The first-order valence-corrected chi connectivity index (χ1v) is 8.40. The number of hydrogen-bond donors (Lipinski definition) is 1. The fourth-order valence-electron chi connectivity index (χ4n) is 2.43. The molecule has 0 aliphatic carbocycles. The van der Waals surface area contributed by atoms with E-state index in [0.29, 0.717) is 29.8 Å². The molecule has 128 valence electrons. The van der Waals surface area contributed by atoms with Crippen LogP contribution >= 0.6 is 23.2 Å². The molecule has 6 nitrogen and oxygen atoms in total. The third-order valence-electron chi connectivity index (χ3n) is 3.44. The molecule has 2 rings (SSSR count). The maximum atomic E-state index is 12.2. The van der Waals surface area contributed by atoms with Crippen LogP contribution in [0.3, 0.4) is 0 Å². The van der Waals surface area contributed by atoms with E-state index >= 15 is 0 Å². The Labute approximate surface area is 146 Å². The summed E-state index contributed by atoms with van der Waals surface area (Å²) in [5, 5.41) is 3.76. The van der Waals surface area contributed by atoms with Crippen molar-refractivity contribution in [3.05, 3.63) is 16.5 Å². The lowest BCUT2D eigenvalue weighted by molar-refractivity contribution is 0.0172. The number of nitrogens with one attached hydrogen (secondary N) is 1. The monoisotopic (exact) mass is 360 g/mol. The molecule has 1 saturated heterocycles. The molecule has 0 bridgehead atoms. The van der Waals surface area contributed by atoms with Gasteiger partial charge in [-0.05, 0) is 51.1 Å². The quantitative estimate of drug-likeness (QED) is 0.829. The van der Waals surface area contributed by atoms with Crippen LogP contribution < -0.4 is 5.32 Å². The van der Waals surface area contributed by atoms with Crippen LogP contribution in [0.2, 0.25) is 10.3 Å². The van der Waals surface area contributed by atoms with E-state index in [0.717, 1.165) is 19.4 Å². The lowest BCUT2D eigenvalue weighted by Crippen LogP contribution is -2.44. The second-order valence-corrected chi connectivity index (χ2v) is 7.40. The van der Waals surface area contributed by atoms with Crippen molar-refractivity contribution in [2.45, 2.75) is 39.2 Å². The van der Waals surface area contributed by atoms with Gasteiger partial charge in [-0.3, -0.25) is 0 Å². The molecular formula is C15H22Cl2N4O2. The summed E-state index contributed by atoms with van der Waals surface area (Å²) in [7, 11) is 0. The van der Waals surface area contributed by atoms with Gasteiger partial charge in [-0.25, -0.2) is 9.78 Å². The lowest BCUT2D eigenvalue weighted by atomic mass is 9.98. The fourth-order valence-corrected chi connectivity index (χ4v) is 2.73. The van der Waals surface area contributed by atoms with Gasteiger partial charge in [0.15, 0.2) is 0 Å². The van der Waals surface area contributed by atoms with Gasteiger partial charge in [-0.2, -0.15) is 4.98 Å². The zero-order chi connectivity index (χ0) is 17.0. The third kappa shape index (κ3) is 5.70. The normalized spacial score (nSPS) is 18.7. The number of amides is 1. The van der Waals surface area contributed by atoms with Gasteiger partial charge in [0.25, 0.3) is 0 Å². The van der Waals surface area contributed by atoms with Crippen LogP contribution in [-0.2, 0) is 4.74 Å². The summed E-state index contributed by atoms with van der Waals surface area (Å²) in [6.45, 7) is 7.65. The minimum atomic E-state index is -0.479. The summed E-state index contributed by atoms with van der Waals surface area (Å²) in [6, 6.07) is 0. The van der Waals surface area contributed by atoms with Crippen molar-refractivity contribution < 1.29 is 9.53 Å². The highest BCUT2D eigenvalue weighted by Crippen LogP contribution is 2.23. The van der Waals surface area contributed by atoms with E-state index < -0.39 is 5.60 Å². The number of carbonyl (C=O) groups excluding carboxylic acids is 1. The number of piperidine rings is 1. The average molecular weight is 361 g/mol. The molecule has 1 aliphatic heterocycles. The zero-order valence-electron chi connectivity index (χ0n) is 13.6. The molecule has 1 aromatic rings. The number of nitrogens with zero attached hydrogens (tertiary/aromatic N) is 3. The second kappa shape index (κ2) is 7.53. The number of rotatable bonds is 3. The Morgan fingerprint density at radius 2 is 2.22 bits per heavy atom. The number of aromatic nitrogens is 2. The molecular weight excluding hydrogens is 339 g/mol. The van der Waals surface area contributed by atoms with Crippen LogP contribution in [0, 0.1) is 5.92 Å². The predicted molar refractivity (Wildman–Crippen MR) is 91.1 cm³/mol. The largest absolute Gasteiger partial charge is 0.444 e. The van der Waals surface area contributed by atoms with Crippen molar-refractivity contribution in [3.63, 3.8) is 0 Å². The number of hydrogen-bond acceptors (Lipinski definition) is 5. The molecule has 2 heterocycles. The van der Waals surface area contributed by atoms with Crippen molar-refractivity contribution in [3.8, 4) is 0 Å². The number of halogens is 2. The molecule has 1 aliphatic rings. The van der Waals surface area contributed by atoms with Crippen molar-refractivity contribution in [1.29, 1.82) is 0 Å². The van der Waals surface area contributed by atoms with E-state index in [4.69, 9.17) is 27.9 Å². The first-order chi connectivity index (χ1) is 10.7. The Kier molecular flexibility index (Phi) is 5.92. The van der Waals surface area contributed by atoms with Gasteiger partial charge in [0.05, 0.1) is 6.20 Å². The van der Waals surface area contributed by atoms with E-state index in [1.165, 1.54) is 6.20 Å². The van der Waals surface area contributed by atoms with Crippen molar-refractivity contribution in [2.75, 3.05) is 25.0 Å². The van der Waals surface area contributed by atoms with E-state index in [2.05, 4.69) is 15.3 Å². The van der Waals surface area contributed by atoms with Crippen LogP contribution in [0.15, 0.2) is 6.20 Å². The Bertz CT molecular complexity index is 563. The summed E-state index contributed by atoms with van der Waals surface area (Å²) in [6.07, 6.45) is 3.19. The molecule has 1 fully saturated rings. The standard InChI is InChI=1S/C15H22Cl2N4O2/c1-15(2,3)23-14(22)21-6-4-5-10(9-21)7-18-12-11(16)8-19-13(17)20-12/h8,10H,4-7,9H2,1-3H3,(H,18,19,20). The molecule has 23 heavy (non-hydrogen) atoms. The van der Waals surface area contributed by atoms with Crippen LogP contribution in [0.1, 0.15) is 33.6 Å². The Balaban J connectivity index is 1.89.